The predicted octanol–water partition coefficient (Wildman–Crippen LogP) is 2.01. The highest BCUT2D eigenvalue weighted by molar-refractivity contribution is 7.89. The number of nitrogens with one attached hydrogen (secondary N) is 1. The first-order chi connectivity index (χ1) is 9.42. The van der Waals surface area contributed by atoms with E-state index in [4.69, 9.17) is 5.73 Å². The highest BCUT2D eigenvalue weighted by Gasteiger charge is 2.23. The van der Waals surface area contributed by atoms with Gasteiger partial charge in [0.25, 0.3) is 0 Å². The molecule has 3 N–H and O–H groups in total. The summed E-state index contributed by atoms with van der Waals surface area (Å²) in [5.41, 5.74) is 7.30. The number of nitrogen functional groups attached to an aromatic ring is 1. The molecule has 0 aliphatic carbocycles. The summed E-state index contributed by atoms with van der Waals surface area (Å²) in [5, 5.41) is 0. The van der Waals surface area contributed by atoms with Gasteiger partial charge in [0.05, 0.1) is 17.4 Å². The lowest BCUT2D eigenvalue weighted by Gasteiger charge is -2.16. The Morgan fingerprint density at radius 1 is 1.20 bits per heavy atom. The fraction of sp³-hybridized carbons (Fsp3) is 0.214. The third kappa shape index (κ3) is 2.97. The number of pyridine rings is 1. The first-order valence-electron chi connectivity index (χ1n) is 6.20. The van der Waals surface area contributed by atoms with E-state index >= 15 is 0 Å². The minimum Gasteiger partial charge on any atom is -0.398 e. The Morgan fingerprint density at radius 3 is 2.55 bits per heavy atom. The van der Waals surface area contributed by atoms with E-state index in [2.05, 4.69) is 9.71 Å². The average molecular weight is 291 g/mol. The van der Waals surface area contributed by atoms with E-state index in [1.54, 1.807) is 50.4 Å². The monoisotopic (exact) mass is 291 g/mol. The van der Waals surface area contributed by atoms with Crippen molar-refractivity contribution in [2.45, 2.75) is 24.8 Å². The fourth-order valence-corrected chi connectivity index (χ4v) is 3.60. The van der Waals surface area contributed by atoms with Crippen LogP contribution in [0.4, 0.5) is 5.69 Å². The number of hydrogen-bond acceptors (Lipinski definition) is 4. The van der Waals surface area contributed by atoms with Crippen molar-refractivity contribution in [2.75, 3.05) is 5.73 Å². The van der Waals surface area contributed by atoms with Crippen LogP contribution < -0.4 is 10.5 Å². The number of sulfonamides is 1. The minimum absolute atomic E-state index is 0.128. The van der Waals surface area contributed by atoms with Crippen molar-refractivity contribution in [1.29, 1.82) is 0 Å². The quantitative estimate of drug-likeness (QED) is 0.844. The Labute approximate surface area is 118 Å². The molecule has 0 radical (unpaired) electrons. The zero-order valence-corrected chi connectivity index (χ0v) is 12.2. The molecule has 6 heteroatoms. The first-order valence-corrected chi connectivity index (χ1v) is 7.68. The van der Waals surface area contributed by atoms with Gasteiger partial charge in [0, 0.05) is 6.20 Å². The van der Waals surface area contributed by atoms with Gasteiger partial charge < -0.3 is 5.73 Å². The van der Waals surface area contributed by atoms with Gasteiger partial charge in [-0.05, 0) is 37.6 Å². The van der Waals surface area contributed by atoms with Crippen molar-refractivity contribution in [3.05, 3.63) is 53.9 Å². The number of hydrogen-bond donors (Lipinski definition) is 2. The number of rotatable bonds is 4. The molecular formula is C14H17N3O2S. The number of aryl methyl sites for hydroxylation is 1. The third-order valence-electron chi connectivity index (χ3n) is 2.97. The molecule has 1 unspecified atom stereocenters. The second kappa shape index (κ2) is 5.60. The Bertz CT molecular complexity index is 679. The predicted molar refractivity (Wildman–Crippen MR) is 78.6 cm³/mol. The molecular weight excluding hydrogens is 274 g/mol. The summed E-state index contributed by atoms with van der Waals surface area (Å²) in [7, 11) is -3.68. The summed E-state index contributed by atoms with van der Waals surface area (Å²) in [6.07, 6.45) is 1.63. The summed E-state index contributed by atoms with van der Waals surface area (Å²) in [5.74, 6) is 0. The van der Waals surface area contributed by atoms with Crippen LogP contribution >= 0.6 is 0 Å². The van der Waals surface area contributed by atoms with Crippen LogP contribution in [0.25, 0.3) is 0 Å². The van der Waals surface area contributed by atoms with Crippen LogP contribution in [0.15, 0.2) is 47.5 Å². The summed E-state index contributed by atoms with van der Waals surface area (Å²) >= 11 is 0. The molecule has 0 aliphatic heterocycles. The van der Waals surface area contributed by atoms with E-state index in [9.17, 15) is 8.42 Å². The maximum Gasteiger partial charge on any atom is 0.243 e. The van der Waals surface area contributed by atoms with Crippen molar-refractivity contribution in [3.63, 3.8) is 0 Å². The number of nitrogens with two attached hydrogens (primary N) is 1. The standard InChI is InChI=1S/C14H17N3O2S/c1-10-6-5-7-12(15)14(10)20(18,19)17-11(2)13-8-3-4-9-16-13/h3-9,11,17H,15H2,1-2H3. The van der Waals surface area contributed by atoms with Crippen LogP contribution in [-0.4, -0.2) is 13.4 Å². The summed E-state index contributed by atoms with van der Waals surface area (Å²) in [6.45, 7) is 3.46. The number of nitrogens with zero attached hydrogens (tertiary/aromatic N) is 1. The second-order valence-electron chi connectivity index (χ2n) is 4.59. The van der Waals surface area contributed by atoms with Gasteiger partial charge in [-0.15, -0.1) is 0 Å². The normalized spacial score (nSPS) is 13.1. The van der Waals surface area contributed by atoms with Crippen LogP contribution in [-0.2, 0) is 10.0 Å². The Hall–Kier alpha value is -1.92. The number of aromatic nitrogens is 1. The van der Waals surface area contributed by atoms with Crippen LogP contribution in [0.1, 0.15) is 24.2 Å². The van der Waals surface area contributed by atoms with Crippen molar-refractivity contribution >= 4 is 15.7 Å². The van der Waals surface area contributed by atoms with E-state index < -0.39 is 16.1 Å². The van der Waals surface area contributed by atoms with Gasteiger partial charge in [-0.2, -0.15) is 0 Å². The molecule has 0 fully saturated rings. The van der Waals surface area contributed by atoms with Gasteiger partial charge in [0.2, 0.25) is 10.0 Å². The second-order valence-corrected chi connectivity index (χ2v) is 6.24. The summed E-state index contributed by atoms with van der Waals surface area (Å²) in [4.78, 5) is 4.27. The fourth-order valence-electron chi connectivity index (χ4n) is 2.03. The minimum atomic E-state index is -3.68. The highest BCUT2D eigenvalue weighted by atomic mass is 32.2. The van der Waals surface area contributed by atoms with E-state index in [0.29, 0.717) is 11.3 Å². The topological polar surface area (TPSA) is 85.1 Å². The molecule has 2 rings (SSSR count). The maximum absolute atomic E-state index is 12.4. The molecule has 0 aliphatic rings. The molecule has 0 saturated carbocycles. The molecule has 0 bridgehead atoms. The van der Waals surface area contributed by atoms with Crippen molar-refractivity contribution in [3.8, 4) is 0 Å². The molecule has 2 aromatic rings. The molecule has 20 heavy (non-hydrogen) atoms. The van der Waals surface area contributed by atoms with Crippen LogP contribution in [0.2, 0.25) is 0 Å². The van der Waals surface area contributed by atoms with Crippen LogP contribution in [0, 0.1) is 6.92 Å². The smallest absolute Gasteiger partial charge is 0.243 e. The zero-order valence-electron chi connectivity index (χ0n) is 11.4. The Balaban J connectivity index is 2.33. The molecule has 0 amide bonds. The van der Waals surface area contributed by atoms with Gasteiger partial charge in [0.1, 0.15) is 4.90 Å². The molecule has 1 heterocycles. The lowest BCUT2D eigenvalue weighted by Crippen LogP contribution is -2.28. The molecule has 5 nitrogen and oxygen atoms in total. The van der Waals surface area contributed by atoms with Gasteiger partial charge >= 0.3 is 0 Å². The molecule has 1 atom stereocenters. The third-order valence-corrected chi connectivity index (χ3v) is 4.73. The van der Waals surface area contributed by atoms with Crippen LogP contribution in [0.5, 0.6) is 0 Å². The van der Waals surface area contributed by atoms with E-state index in [1.165, 1.54) is 0 Å². The average Bonchev–Trinajstić information content (AvgIpc) is 2.38. The largest absolute Gasteiger partial charge is 0.398 e. The van der Waals surface area contributed by atoms with Crippen molar-refractivity contribution in [2.24, 2.45) is 0 Å². The SMILES string of the molecule is Cc1cccc(N)c1S(=O)(=O)NC(C)c1ccccn1. The Morgan fingerprint density at radius 2 is 1.95 bits per heavy atom. The van der Waals surface area contributed by atoms with Gasteiger partial charge in [0.15, 0.2) is 0 Å². The van der Waals surface area contributed by atoms with Gasteiger partial charge in [-0.1, -0.05) is 18.2 Å². The molecule has 106 valence electrons. The van der Waals surface area contributed by atoms with Crippen molar-refractivity contribution < 1.29 is 8.42 Å². The zero-order chi connectivity index (χ0) is 14.8. The maximum atomic E-state index is 12.4. The van der Waals surface area contributed by atoms with Crippen molar-refractivity contribution in [1.82, 2.24) is 9.71 Å². The molecule has 0 saturated heterocycles. The number of anilines is 1. The van der Waals surface area contributed by atoms with E-state index in [0.717, 1.165) is 0 Å². The van der Waals surface area contributed by atoms with Crippen LogP contribution in [0.3, 0.4) is 0 Å². The lowest BCUT2D eigenvalue weighted by atomic mass is 10.2. The summed E-state index contributed by atoms with van der Waals surface area (Å²) in [6, 6.07) is 9.96. The molecule has 1 aromatic carbocycles. The Kier molecular flexibility index (Phi) is 4.06. The van der Waals surface area contributed by atoms with E-state index in [-0.39, 0.29) is 10.6 Å². The first kappa shape index (κ1) is 14.5. The molecule has 1 aromatic heterocycles. The van der Waals surface area contributed by atoms with E-state index in [1.807, 2.05) is 6.07 Å². The van der Waals surface area contributed by atoms with Gasteiger partial charge in [-0.3, -0.25) is 4.98 Å². The lowest BCUT2D eigenvalue weighted by molar-refractivity contribution is 0.564. The highest BCUT2D eigenvalue weighted by Crippen LogP contribution is 2.23. The molecule has 0 spiro atoms. The number of benzene rings is 1. The van der Waals surface area contributed by atoms with Gasteiger partial charge in [-0.25, -0.2) is 13.1 Å². The summed E-state index contributed by atoms with van der Waals surface area (Å²) < 4.78 is 27.5.